The minimum absolute atomic E-state index is 0.0938. The van der Waals surface area contributed by atoms with Gasteiger partial charge in [0.05, 0.1) is 6.61 Å². The topological polar surface area (TPSA) is 61.8 Å². The van der Waals surface area contributed by atoms with E-state index in [9.17, 15) is 9.59 Å². The summed E-state index contributed by atoms with van der Waals surface area (Å²) in [7, 11) is 0. The fourth-order valence-electron chi connectivity index (χ4n) is 5.69. The van der Waals surface area contributed by atoms with Crippen LogP contribution in [0.5, 0.6) is 0 Å². The summed E-state index contributed by atoms with van der Waals surface area (Å²) < 4.78 is 17.1. The van der Waals surface area contributed by atoms with Crippen LogP contribution in [-0.4, -0.2) is 37.9 Å². The molecular weight excluding hydrogens is 548 g/mol. The maximum atomic E-state index is 12.4. The molecule has 5 heteroatoms. The summed E-state index contributed by atoms with van der Waals surface area (Å²) in [6, 6.07) is 0. The van der Waals surface area contributed by atoms with Crippen molar-refractivity contribution in [3.63, 3.8) is 0 Å². The molecule has 0 heterocycles. The molecule has 0 N–H and O–H groups in total. The van der Waals surface area contributed by atoms with Crippen molar-refractivity contribution in [2.24, 2.45) is 0 Å². The van der Waals surface area contributed by atoms with Crippen LogP contribution in [0.15, 0.2) is 0 Å². The van der Waals surface area contributed by atoms with E-state index >= 15 is 0 Å². The van der Waals surface area contributed by atoms with Crippen molar-refractivity contribution >= 4 is 11.9 Å². The van der Waals surface area contributed by atoms with E-state index in [1.807, 2.05) is 0 Å². The molecule has 0 bridgehead atoms. The third-order valence-corrected chi connectivity index (χ3v) is 8.64. The lowest BCUT2D eigenvalue weighted by Crippen LogP contribution is -2.30. The average Bonchev–Trinajstić information content (AvgIpc) is 3.02. The second kappa shape index (κ2) is 36.4. The Morgan fingerprint density at radius 2 is 0.750 bits per heavy atom. The van der Waals surface area contributed by atoms with Gasteiger partial charge in [0.15, 0.2) is 6.10 Å². The van der Waals surface area contributed by atoms with Gasteiger partial charge in [0.25, 0.3) is 0 Å². The van der Waals surface area contributed by atoms with E-state index in [1.165, 1.54) is 141 Å². The van der Waals surface area contributed by atoms with Gasteiger partial charge in [-0.25, -0.2) is 0 Å². The predicted octanol–water partition coefficient (Wildman–Crippen LogP) is 12.2. The Kier molecular flexibility index (Phi) is 35.5. The van der Waals surface area contributed by atoms with Gasteiger partial charge < -0.3 is 14.2 Å². The maximum Gasteiger partial charge on any atom is 0.306 e. The summed E-state index contributed by atoms with van der Waals surface area (Å²) in [5.74, 6) is -0.401. The second-order valence-corrected chi connectivity index (χ2v) is 13.2. The highest BCUT2D eigenvalue weighted by molar-refractivity contribution is 5.70. The zero-order valence-electron chi connectivity index (χ0n) is 30.0. The number of unbranched alkanes of at least 4 members (excludes halogenated alkanes) is 25. The third-order valence-electron chi connectivity index (χ3n) is 8.64. The number of ether oxygens (including phenoxy) is 3. The Labute approximate surface area is 274 Å². The fourth-order valence-corrected chi connectivity index (χ4v) is 5.69. The molecule has 0 rings (SSSR count). The van der Waals surface area contributed by atoms with Crippen LogP contribution in [-0.2, 0) is 23.8 Å². The van der Waals surface area contributed by atoms with Gasteiger partial charge in [-0.3, -0.25) is 9.59 Å². The molecule has 0 amide bonds. The zero-order chi connectivity index (χ0) is 32.2. The van der Waals surface area contributed by atoms with Gasteiger partial charge in [0.1, 0.15) is 6.61 Å². The summed E-state index contributed by atoms with van der Waals surface area (Å²) in [6.07, 6.45) is 35.4. The van der Waals surface area contributed by atoms with E-state index in [2.05, 4.69) is 20.8 Å². The van der Waals surface area contributed by atoms with Crippen molar-refractivity contribution in [2.75, 3.05) is 19.8 Å². The first-order valence-electron chi connectivity index (χ1n) is 19.6. The lowest BCUT2D eigenvalue weighted by atomic mass is 10.0. The van der Waals surface area contributed by atoms with Crippen LogP contribution in [0, 0.1) is 0 Å². The lowest BCUT2D eigenvalue weighted by Gasteiger charge is -2.18. The van der Waals surface area contributed by atoms with Gasteiger partial charge in [0, 0.05) is 19.4 Å². The van der Waals surface area contributed by atoms with Gasteiger partial charge in [-0.15, -0.1) is 0 Å². The van der Waals surface area contributed by atoms with Crippen LogP contribution in [0.25, 0.3) is 0 Å². The summed E-state index contributed by atoms with van der Waals surface area (Å²) >= 11 is 0. The molecule has 0 aromatic carbocycles. The van der Waals surface area contributed by atoms with Crippen molar-refractivity contribution in [3.05, 3.63) is 0 Å². The summed E-state index contributed by atoms with van der Waals surface area (Å²) in [5, 5.41) is 0. The number of hydrogen-bond acceptors (Lipinski definition) is 5. The van der Waals surface area contributed by atoms with E-state index in [-0.39, 0.29) is 18.5 Å². The van der Waals surface area contributed by atoms with Gasteiger partial charge in [-0.1, -0.05) is 181 Å². The number of esters is 2. The van der Waals surface area contributed by atoms with Crippen molar-refractivity contribution in [1.82, 2.24) is 0 Å². The summed E-state index contributed by atoms with van der Waals surface area (Å²) in [4.78, 5) is 24.8. The number of rotatable bonds is 36. The average molecular weight is 625 g/mol. The Hall–Kier alpha value is -1.10. The van der Waals surface area contributed by atoms with Crippen LogP contribution in [0.4, 0.5) is 0 Å². The molecule has 0 aliphatic carbocycles. The molecule has 0 radical (unpaired) electrons. The molecule has 0 aromatic heterocycles. The number of carbonyl (C=O) groups is 2. The molecule has 1 atom stereocenters. The molecule has 0 saturated heterocycles. The quantitative estimate of drug-likeness (QED) is 0.0512. The maximum absolute atomic E-state index is 12.4. The van der Waals surface area contributed by atoms with Gasteiger partial charge in [-0.2, -0.15) is 0 Å². The largest absolute Gasteiger partial charge is 0.462 e. The molecule has 0 spiro atoms. The van der Waals surface area contributed by atoms with E-state index in [0.29, 0.717) is 26.1 Å². The fraction of sp³-hybridized carbons (Fsp3) is 0.949. The molecule has 0 aliphatic rings. The first kappa shape index (κ1) is 42.9. The zero-order valence-corrected chi connectivity index (χ0v) is 30.0. The molecule has 262 valence electrons. The Bertz CT molecular complexity index is 593. The standard InChI is InChI=1S/C39H76O5/c1-4-7-10-13-15-17-18-19-20-21-23-25-28-31-34-42-35-37(44-39(41)33-30-26-12-9-6-3)36-43-38(40)32-29-27-24-22-16-14-11-8-5-2/h37H,4-36H2,1-3H3. The van der Waals surface area contributed by atoms with E-state index in [0.717, 1.165) is 38.5 Å². The highest BCUT2D eigenvalue weighted by Crippen LogP contribution is 2.14. The van der Waals surface area contributed by atoms with Gasteiger partial charge in [0.2, 0.25) is 0 Å². The molecule has 0 aromatic rings. The predicted molar refractivity (Wildman–Crippen MR) is 187 cm³/mol. The number of carbonyl (C=O) groups excluding carboxylic acids is 2. The summed E-state index contributed by atoms with van der Waals surface area (Å²) in [5.41, 5.74) is 0. The molecule has 1 unspecified atom stereocenters. The van der Waals surface area contributed by atoms with E-state index in [4.69, 9.17) is 14.2 Å². The Morgan fingerprint density at radius 1 is 0.409 bits per heavy atom. The van der Waals surface area contributed by atoms with Crippen molar-refractivity contribution in [3.8, 4) is 0 Å². The SMILES string of the molecule is CCCCCCCCCCCCCCCCOCC(COC(=O)CCCCCCCCCCC)OC(=O)CCCCCCC. The van der Waals surface area contributed by atoms with Crippen LogP contribution < -0.4 is 0 Å². The van der Waals surface area contributed by atoms with Crippen LogP contribution in [0.1, 0.15) is 213 Å². The highest BCUT2D eigenvalue weighted by atomic mass is 16.6. The van der Waals surface area contributed by atoms with Crippen molar-refractivity contribution in [1.29, 1.82) is 0 Å². The molecule has 0 saturated carbocycles. The Morgan fingerprint density at radius 3 is 1.16 bits per heavy atom. The van der Waals surface area contributed by atoms with E-state index in [1.54, 1.807) is 0 Å². The molecule has 44 heavy (non-hydrogen) atoms. The molecule has 5 nitrogen and oxygen atoms in total. The Balaban J connectivity index is 4.05. The smallest absolute Gasteiger partial charge is 0.306 e. The van der Waals surface area contributed by atoms with Gasteiger partial charge in [-0.05, 0) is 19.3 Å². The van der Waals surface area contributed by atoms with Crippen molar-refractivity contribution in [2.45, 2.75) is 219 Å². The molecule has 0 fully saturated rings. The first-order valence-corrected chi connectivity index (χ1v) is 19.6. The monoisotopic (exact) mass is 625 g/mol. The van der Waals surface area contributed by atoms with Crippen LogP contribution >= 0.6 is 0 Å². The minimum atomic E-state index is -0.517. The van der Waals surface area contributed by atoms with Crippen LogP contribution in [0.2, 0.25) is 0 Å². The van der Waals surface area contributed by atoms with Gasteiger partial charge >= 0.3 is 11.9 Å². The second-order valence-electron chi connectivity index (χ2n) is 13.2. The normalized spacial score (nSPS) is 12.0. The minimum Gasteiger partial charge on any atom is -0.462 e. The first-order chi connectivity index (χ1) is 21.6. The van der Waals surface area contributed by atoms with Crippen LogP contribution in [0.3, 0.4) is 0 Å². The molecule has 0 aliphatic heterocycles. The lowest BCUT2D eigenvalue weighted by molar-refractivity contribution is -0.163. The number of hydrogen-bond donors (Lipinski definition) is 0. The van der Waals surface area contributed by atoms with Crippen molar-refractivity contribution < 1.29 is 23.8 Å². The third kappa shape index (κ3) is 33.8. The van der Waals surface area contributed by atoms with E-state index < -0.39 is 6.10 Å². The highest BCUT2D eigenvalue weighted by Gasteiger charge is 2.17. The molecular formula is C39H76O5. The summed E-state index contributed by atoms with van der Waals surface area (Å²) in [6.45, 7) is 7.77.